The molecule has 1 aromatic heterocycles. The van der Waals surface area contributed by atoms with E-state index in [1.54, 1.807) is 18.7 Å². The van der Waals surface area contributed by atoms with Crippen LogP contribution in [0.5, 0.6) is 0 Å². The number of nitrogens with one attached hydrogen (secondary N) is 1. The number of nitrogens with zero attached hydrogens (tertiary/aromatic N) is 2. The first kappa shape index (κ1) is 15.4. The first-order chi connectivity index (χ1) is 8.58. The van der Waals surface area contributed by atoms with E-state index in [0.29, 0.717) is 6.42 Å². The van der Waals surface area contributed by atoms with Crippen LogP contribution in [0.15, 0.2) is 10.7 Å². The Hall–Kier alpha value is -0.660. The summed E-state index contributed by atoms with van der Waals surface area (Å²) < 4.78 is 4.86. The van der Waals surface area contributed by atoms with Crippen molar-refractivity contribution in [1.29, 1.82) is 0 Å². The van der Waals surface area contributed by atoms with E-state index >= 15 is 0 Å². The van der Waals surface area contributed by atoms with Crippen LogP contribution in [0.3, 0.4) is 0 Å². The molecule has 0 saturated carbocycles. The van der Waals surface area contributed by atoms with Gasteiger partial charge in [0, 0.05) is 5.75 Å². The predicted octanol–water partition coefficient (Wildman–Crippen LogP) is 2.25. The van der Waals surface area contributed by atoms with Gasteiger partial charge in [-0.15, -0.1) is 0 Å². The van der Waals surface area contributed by atoms with Gasteiger partial charge in [-0.1, -0.05) is 18.7 Å². The standard InChI is InChI=1S/C11H19N3O2S2/c1-3-6-13-11(2,9(15)16)5-4-7-17-10-12-8-14-18-10/h8,13H,3-7H2,1-2H3,(H,15,16). The summed E-state index contributed by atoms with van der Waals surface area (Å²) in [5.41, 5.74) is -0.822. The van der Waals surface area contributed by atoms with Crippen LogP contribution in [0.2, 0.25) is 0 Å². The Morgan fingerprint density at radius 2 is 2.44 bits per heavy atom. The molecule has 5 nitrogen and oxygen atoms in total. The number of carbonyl (C=O) groups is 1. The topological polar surface area (TPSA) is 75.1 Å². The summed E-state index contributed by atoms with van der Waals surface area (Å²) in [6.07, 6.45) is 3.93. The second kappa shape index (κ2) is 7.70. The fourth-order valence-electron chi connectivity index (χ4n) is 1.48. The Labute approximate surface area is 116 Å². The number of carboxylic acids is 1. The van der Waals surface area contributed by atoms with E-state index in [2.05, 4.69) is 14.7 Å². The van der Waals surface area contributed by atoms with Crippen LogP contribution >= 0.6 is 23.3 Å². The minimum atomic E-state index is -0.822. The Bertz CT molecular complexity index is 359. The lowest BCUT2D eigenvalue weighted by Gasteiger charge is -2.26. The Morgan fingerprint density at radius 1 is 1.67 bits per heavy atom. The molecule has 1 unspecified atom stereocenters. The Morgan fingerprint density at radius 3 is 3.00 bits per heavy atom. The van der Waals surface area contributed by atoms with Gasteiger partial charge in [0.25, 0.3) is 0 Å². The van der Waals surface area contributed by atoms with Crippen LogP contribution in [0.25, 0.3) is 0 Å². The van der Waals surface area contributed by atoms with E-state index in [0.717, 1.165) is 29.5 Å². The third-order valence-electron chi connectivity index (χ3n) is 2.62. The molecule has 2 N–H and O–H groups in total. The Kier molecular flexibility index (Phi) is 6.59. The smallest absolute Gasteiger partial charge is 0.323 e. The summed E-state index contributed by atoms with van der Waals surface area (Å²) in [7, 11) is 0. The minimum Gasteiger partial charge on any atom is -0.480 e. The highest BCUT2D eigenvalue weighted by molar-refractivity contribution is 8.00. The van der Waals surface area contributed by atoms with Crippen LogP contribution in [-0.4, -0.2) is 38.3 Å². The molecule has 0 aliphatic rings. The number of aliphatic carboxylic acids is 1. The van der Waals surface area contributed by atoms with Gasteiger partial charge in [-0.25, -0.2) is 4.98 Å². The maximum absolute atomic E-state index is 11.3. The highest BCUT2D eigenvalue weighted by Gasteiger charge is 2.31. The summed E-state index contributed by atoms with van der Waals surface area (Å²) in [6, 6.07) is 0. The van der Waals surface area contributed by atoms with Crippen LogP contribution in [0.4, 0.5) is 0 Å². The fourth-order valence-corrected chi connectivity index (χ4v) is 2.94. The van der Waals surface area contributed by atoms with Crippen molar-refractivity contribution in [2.45, 2.75) is 43.0 Å². The first-order valence-electron chi connectivity index (χ1n) is 5.96. The molecular weight excluding hydrogens is 270 g/mol. The maximum atomic E-state index is 11.3. The zero-order valence-corrected chi connectivity index (χ0v) is 12.3. The van der Waals surface area contributed by atoms with Gasteiger partial charge in [-0.2, -0.15) is 4.37 Å². The van der Waals surface area contributed by atoms with E-state index in [4.69, 9.17) is 0 Å². The molecule has 0 bridgehead atoms. The monoisotopic (exact) mass is 289 g/mol. The highest BCUT2D eigenvalue weighted by Crippen LogP contribution is 2.22. The number of rotatable bonds is 9. The molecule has 0 spiro atoms. The molecule has 7 heteroatoms. The predicted molar refractivity (Wildman–Crippen MR) is 74.2 cm³/mol. The second-order valence-electron chi connectivity index (χ2n) is 4.22. The lowest BCUT2D eigenvalue weighted by molar-refractivity contribution is -0.144. The third kappa shape index (κ3) is 4.91. The van der Waals surface area contributed by atoms with Gasteiger partial charge in [0.1, 0.15) is 11.9 Å². The van der Waals surface area contributed by atoms with Crippen molar-refractivity contribution in [2.24, 2.45) is 0 Å². The van der Waals surface area contributed by atoms with Crippen molar-refractivity contribution in [1.82, 2.24) is 14.7 Å². The molecule has 0 amide bonds. The molecule has 102 valence electrons. The molecule has 18 heavy (non-hydrogen) atoms. The van der Waals surface area contributed by atoms with Gasteiger partial charge in [-0.3, -0.25) is 4.79 Å². The maximum Gasteiger partial charge on any atom is 0.323 e. The van der Waals surface area contributed by atoms with Gasteiger partial charge in [0.2, 0.25) is 0 Å². The number of hydrogen-bond acceptors (Lipinski definition) is 6. The molecule has 0 aliphatic carbocycles. The van der Waals surface area contributed by atoms with Crippen molar-refractivity contribution < 1.29 is 9.90 Å². The number of hydrogen-bond donors (Lipinski definition) is 2. The third-order valence-corrected chi connectivity index (χ3v) is 4.51. The van der Waals surface area contributed by atoms with Crippen LogP contribution in [0, 0.1) is 0 Å². The highest BCUT2D eigenvalue weighted by atomic mass is 32.2. The normalized spacial score (nSPS) is 14.3. The van der Waals surface area contributed by atoms with Gasteiger partial charge in [0.15, 0.2) is 4.34 Å². The van der Waals surface area contributed by atoms with Gasteiger partial charge in [0.05, 0.1) is 0 Å². The quantitative estimate of drug-likeness (QED) is 0.536. The molecular formula is C11H19N3O2S2. The summed E-state index contributed by atoms with van der Waals surface area (Å²) in [5.74, 6) is 0.0863. The van der Waals surface area contributed by atoms with Crippen molar-refractivity contribution in [3.8, 4) is 0 Å². The second-order valence-corrected chi connectivity index (χ2v) is 6.35. The zero-order chi connectivity index (χ0) is 13.4. The van der Waals surface area contributed by atoms with Gasteiger partial charge in [-0.05, 0) is 44.3 Å². The summed E-state index contributed by atoms with van der Waals surface area (Å²) >= 11 is 3.00. The molecule has 1 rings (SSSR count). The minimum absolute atomic E-state index is 0.619. The molecule has 1 aromatic rings. The average Bonchev–Trinajstić information content (AvgIpc) is 2.85. The van der Waals surface area contributed by atoms with Crippen LogP contribution in [-0.2, 0) is 4.79 Å². The lowest BCUT2D eigenvalue weighted by Crippen LogP contribution is -2.49. The summed E-state index contributed by atoms with van der Waals surface area (Å²) in [4.78, 5) is 15.3. The first-order valence-corrected chi connectivity index (χ1v) is 7.72. The van der Waals surface area contributed by atoms with E-state index in [1.807, 2.05) is 6.92 Å². The molecule has 1 heterocycles. The largest absolute Gasteiger partial charge is 0.480 e. The van der Waals surface area contributed by atoms with Crippen molar-refractivity contribution >= 4 is 29.3 Å². The van der Waals surface area contributed by atoms with E-state index < -0.39 is 11.5 Å². The van der Waals surface area contributed by atoms with Crippen molar-refractivity contribution in [3.63, 3.8) is 0 Å². The van der Waals surface area contributed by atoms with E-state index in [-0.39, 0.29) is 0 Å². The molecule has 0 aromatic carbocycles. The number of thioether (sulfide) groups is 1. The molecule has 0 fully saturated rings. The molecule has 0 saturated heterocycles. The summed E-state index contributed by atoms with van der Waals surface area (Å²) in [5, 5.41) is 12.4. The molecule has 0 radical (unpaired) electrons. The fraction of sp³-hybridized carbons (Fsp3) is 0.727. The Balaban J connectivity index is 2.31. The zero-order valence-electron chi connectivity index (χ0n) is 10.7. The van der Waals surface area contributed by atoms with E-state index in [9.17, 15) is 9.90 Å². The van der Waals surface area contributed by atoms with Crippen LogP contribution < -0.4 is 5.32 Å². The van der Waals surface area contributed by atoms with Crippen LogP contribution in [0.1, 0.15) is 33.1 Å². The van der Waals surface area contributed by atoms with Gasteiger partial charge >= 0.3 is 5.97 Å². The summed E-state index contributed by atoms with van der Waals surface area (Å²) in [6.45, 7) is 4.51. The van der Waals surface area contributed by atoms with E-state index in [1.165, 1.54) is 17.9 Å². The number of carboxylic acid groups (broad SMARTS) is 1. The molecule has 1 atom stereocenters. The van der Waals surface area contributed by atoms with Crippen molar-refractivity contribution in [3.05, 3.63) is 6.33 Å². The molecule has 0 aliphatic heterocycles. The number of aromatic nitrogens is 2. The lowest BCUT2D eigenvalue weighted by atomic mass is 9.96. The average molecular weight is 289 g/mol. The van der Waals surface area contributed by atoms with Gasteiger partial charge < -0.3 is 10.4 Å². The SMILES string of the molecule is CCCNC(C)(CCCSc1ncns1)C(=O)O. The van der Waals surface area contributed by atoms with Crippen molar-refractivity contribution in [2.75, 3.05) is 12.3 Å².